The van der Waals surface area contributed by atoms with Crippen molar-refractivity contribution in [2.75, 3.05) is 19.7 Å². The molecule has 1 aliphatic rings. The number of nitrogens with one attached hydrogen (secondary N) is 1. The Hall–Kier alpha value is -3.32. The normalized spacial score (nSPS) is 13.7. The highest BCUT2D eigenvalue weighted by Gasteiger charge is 2.26. The van der Waals surface area contributed by atoms with Gasteiger partial charge >= 0.3 is 6.03 Å². The maximum atomic E-state index is 13.4. The van der Waals surface area contributed by atoms with Gasteiger partial charge in [0.25, 0.3) is 0 Å². The van der Waals surface area contributed by atoms with Crippen molar-refractivity contribution in [2.24, 2.45) is 0 Å². The standard InChI is InChI=1S/C29H28Cl2N4O2/c1-2-37-23-9-10-26-24(17-23)25-19-34(14-3-4-20-5-7-22(30)8-6-20)15-12-27(25)35(26)29(36)33-18-21-11-13-32-28(31)16-21/h3-11,13,16-17H,2,12,14-15,18-19H2,1H3,(H,33,36). The van der Waals surface area contributed by atoms with E-state index >= 15 is 0 Å². The monoisotopic (exact) mass is 534 g/mol. The molecule has 5 rings (SSSR count). The van der Waals surface area contributed by atoms with Crippen LogP contribution in [-0.4, -0.2) is 40.2 Å². The Bertz CT molecular complexity index is 1450. The number of aromatic nitrogens is 2. The van der Waals surface area contributed by atoms with E-state index in [1.54, 1.807) is 12.3 Å². The predicted molar refractivity (Wildman–Crippen MR) is 149 cm³/mol. The molecule has 190 valence electrons. The van der Waals surface area contributed by atoms with E-state index in [1.807, 2.05) is 54.0 Å². The summed E-state index contributed by atoms with van der Waals surface area (Å²) < 4.78 is 7.60. The van der Waals surface area contributed by atoms with Gasteiger partial charge in [-0.2, -0.15) is 0 Å². The number of benzene rings is 2. The average molecular weight is 535 g/mol. The van der Waals surface area contributed by atoms with Gasteiger partial charge in [0.2, 0.25) is 0 Å². The van der Waals surface area contributed by atoms with Crippen LogP contribution in [0.15, 0.2) is 66.9 Å². The SMILES string of the molecule is CCOc1ccc2c(c1)c1c(n2C(=O)NCc2ccnc(Cl)c2)CCN(CC=Cc2ccc(Cl)cc2)C1. The molecule has 2 aromatic heterocycles. The van der Waals surface area contributed by atoms with Gasteiger partial charge in [0.05, 0.1) is 12.1 Å². The molecule has 0 bridgehead atoms. The van der Waals surface area contributed by atoms with Crippen LogP contribution in [0.4, 0.5) is 4.79 Å². The lowest BCUT2D eigenvalue weighted by Crippen LogP contribution is -2.34. The molecule has 2 aromatic carbocycles. The Morgan fingerprint density at radius 1 is 1.14 bits per heavy atom. The first-order chi connectivity index (χ1) is 18.0. The van der Waals surface area contributed by atoms with Crippen LogP contribution in [0, 0.1) is 0 Å². The van der Waals surface area contributed by atoms with Gasteiger partial charge in [-0.1, -0.05) is 47.5 Å². The zero-order valence-electron chi connectivity index (χ0n) is 20.6. The molecule has 0 fully saturated rings. The molecule has 37 heavy (non-hydrogen) atoms. The van der Waals surface area contributed by atoms with Crippen LogP contribution in [-0.2, 0) is 19.5 Å². The van der Waals surface area contributed by atoms with Crippen molar-refractivity contribution in [3.8, 4) is 5.75 Å². The van der Waals surface area contributed by atoms with E-state index in [9.17, 15) is 4.79 Å². The van der Waals surface area contributed by atoms with Crippen LogP contribution in [0.5, 0.6) is 5.75 Å². The van der Waals surface area contributed by atoms with Crippen molar-refractivity contribution in [1.82, 2.24) is 19.8 Å². The summed E-state index contributed by atoms with van der Waals surface area (Å²) in [5.41, 5.74) is 5.12. The molecular weight excluding hydrogens is 507 g/mol. The second-order valence-electron chi connectivity index (χ2n) is 8.96. The second kappa shape index (κ2) is 11.4. The molecule has 0 unspecified atom stereocenters. The molecule has 0 saturated carbocycles. The first-order valence-electron chi connectivity index (χ1n) is 12.3. The Kier molecular flexibility index (Phi) is 7.79. The summed E-state index contributed by atoms with van der Waals surface area (Å²) in [6, 6.07) is 17.2. The lowest BCUT2D eigenvalue weighted by molar-refractivity contribution is 0.240. The molecule has 0 spiro atoms. The number of amides is 1. The van der Waals surface area contributed by atoms with Crippen LogP contribution in [0.3, 0.4) is 0 Å². The van der Waals surface area contributed by atoms with Gasteiger partial charge in [-0.05, 0) is 66.1 Å². The Morgan fingerprint density at radius 2 is 1.97 bits per heavy atom. The lowest BCUT2D eigenvalue weighted by Gasteiger charge is -2.27. The largest absolute Gasteiger partial charge is 0.494 e. The summed E-state index contributed by atoms with van der Waals surface area (Å²) >= 11 is 12.0. The Morgan fingerprint density at radius 3 is 2.76 bits per heavy atom. The fraction of sp³-hybridized carbons (Fsp3) is 0.241. The highest BCUT2D eigenvalue weighted by molar-refractivity contribution is 6.30. The molecule has 1 amide bonds. The number of hydrogen-bond acceptors (Lipinski definition) is 4. The predicted octanol–water partition coefficient (Wildman–Crippen LogP) is 6.57. The third-order valence-electron chi connectivity index (χ3n) is 6.49. The number of fused-ring (bicyclic) bond motifs is 3. The van der Waals surface area contributed by atoms with E-state index in [2.05, 4.69) is 33.4 Å². The fourth-order valence-electron chi connectivity index (χ4n) is 4.76. The van der Waals surface area contributed by atoms with E-state index < -0.39 is 0 Å². The summed E-state index contributed by atoms with van der Waals surface area (Å²) in [4.78, 5) is 19.8. The maximum absolute atomic E-state index is 13.4. The van der Waals surface area contributed by atoms with E-state index in [-0.39, 0.29) is 6.03 Å². The molecular formula is C29H28Cl2N4O2. The summed E-state index contributed by atoms with van der Waals surface area (Å²) in [5.74, 6) is 0.807. The fourth-order valence-corrected chi connectivity index (χ4v) is 5.08. The zero-order valence-corrected chi connectivity index (χ0v) is 22.1. The van der Waals surface area contributed by atoms with Crippen molar-refractivity contribution in [1.29, 1.82) is 0 Å². The van der Waals surface area contributed by atoms with Gasteiger partial charge in [-0.3, -0.25) is 9.47 Å². The van der Waals surface area contributed by atoms with Gasteiger partial charge in [0.15, 0.2) is 0 Å². The molecule has 8 heteroatoms. The average Bonchev–Trinajstić information content (AvgIpc) is 3.22. The number of carbonyl (C=O) groups is 1. The minimum absolute atomic E-state index is 0.153. The van der Waals surface area contributed by atoms with Gasteiger partial charge in [-0.15, -0.1) is 0 Å². The van der Waals surface area contributed by atoms with E-state index in [4.69, 9.17) is 27.9 Å². The molecule has 0 atom stereocenters. The number of rotatable bonds is 7. The highest BCUT2D eigenvalue weighted by atomic mass is 35.5. The molecule has 1 aliphatic heterocycles. The van der Waals surface area contributed by atoms with Gasteiger partial charge in [0, 0.05) is 54.9 Å². The van der Waals surface area contributed by atoms with Crippen molar-refractivity contribution in [3.05, 3.63) is 99.4 Å². The molecule has 0 aliphatic carbocycles. The summed E-state index contributed by atoms with van der Waals surface area (Å²) in [6.45, 7) is 5.36. The van der Waals surface area contributed by atoms with Crippen molar-refractivity contribution in [2.45, 2.75) is 26.4 Å². The van der Waals surface area contributed by atoms with Crippen LogP contribution in [0.2, 0.25) is 10.2 Å². The van der Waals surface area contributed by atoms with E-state index in [0.717, 1.165) is 64.6 Å². The van der Waals surface area contributed by atoms with Crippen LogP contribution in [0.25, 0.3) is 17.0 Å². The first-order valence-corrected chi connectivity index (χ1v) is 13.1. The third-order valence-corrected chi connectivity index (χ3v) is 6.95. The summed E-state index contributed by atoms with van der Waals surface area (Å²) in [6.07, 6.45) is 6.70. The van der Waals surface area contributed by atoms with E-state index in [1.165, 1.54) is 5.56 Å². The Labute approximate surface area is 226 Å². The molecule has 0 radical (unpaired) electrons. The summed E-state index contributed by atoms with van der Waals surface area (Å²) in [7, 11) is 0. The number of hydrogen-bond donors (Lipinski definition) is 1. The summed E-state index contributed by atoms with van der Waals surface area (Å²) in [5, 5.41) is 5.24. The first kappa shape index (κ1) is 25.3. The smallest absolute Gasteiger partial charge is 0.326 e. The number of carbonyl (C=O) groups excluding carboxylic acids is 1. The number of halogens is 2. The van der Waals surface area contributed by atoms with Crippen molar-refractivity contribution in [3.63, 3.8) is 0 Å². The number of ether oxygens (including phenoxy) is 1. The molecule has 0 saturated heterocycles. The van der Waals surface area contributed by atoms with Crippen molar-refractivity contribution >= 4 is 46.2 Å². The van der Waals surface area contributed by atoms with E-state index in [0.29, 0.717) is 18.3 Å². The lowest BCUT2D eigenvalue weighted by atomic mass is 10.0. The molecule has 6 nitrogen and oxygen atoms in total. The van der Waals surface area contributed by atoms with Crippen molar-refractivity contribution < 1.29 is 9.53 Å². The Balaban J connectivity index is 1.39. The molecule has 3 heterocycles. The highest BCUT2D eigenvalue weighted by Crippen LogP contribution is 2.33. The second-order valence-corrected chi connectivity index (χ2v) is 9.78. The maximum Gasteiger partial charge on any atom is 0.326 e. The van der Waals surface area contributed by atoms with Gasteiger partial charge in [-0.25, -0.2) is 9.78 Å². The topological polar surface area (TPSA) is 59.4 Å². The zero-order chi connectivity index (χ0) is 25.8. The molecule has 1 N–H and O–H groups in total. The number of pyridine rings is 1. The number of nitrogens with zero attached hydrogens (tertiary/aromatic N) is 3. The minimum atomic E-state index is -0.153. The quantitative estimate of drug-likeness (QED) is 0.272. The van der Waals surface area contributed by atoms with Gasteiger partial charge in [0.1, 0.15) is 10.9 Å². The minimum Gasteiger partial charge on any atom is -0.494 e. The molecule has 4 aromatic rings. The van der Waals surface area contributed by atoms with Crippen LogP contribution in [0.1, 0.15) is 29.3 Å². The van der Waals surface area contributed by atoms with Gasteiger partial charge < -0.3 is 10.1 Å². The van der Waals surface area contributed by atoms with Crippen LogP contribution >= 0.6 is 23.2 Å². The third kappa shape index (κ3) is 5.82. The van der Waals surface area contributed by atoms with Crippen LogP contribution < -0.4 is 10.1 Å².